The van der Waals surface area contributed by atoms with E-state index in [-0.39, 0.29) is 12.2 Å². The van der Waals surface area contributed by atoms with Crippen molar-refractivity contribution >= 4 is 11.8 Å². The Morgan fingerprint density at radius 3 is 2.81 bits per heavy atom. The van der Waals surface area contributed by atoms with Gasteiger partial charge in [-0.25, -0.2) is 9.18 Å². The fourth-order valence-electron chi connectivity index (χ4n) is 2.11. The van der Waals surface area contributed by atoms with E-state index in [1.807, 2.05) is 20.8 Å². The van der Waals surface area contributed by atoms with Crippen molar-refractivity contribution in [1.29, 1.82) is 0 Å². The summed E-state index contributed by atoms with van der Waals surface area (Å²) in [4.78, 5) is 13.5. The van der Waals surface area contributed by atoms with Gasteiger partial charge in [-0.3, -0.25) is 0 Å². The van der Waals surface area contributed by atoms with Crippen LogP contribution in [0.25, 0.3) is 0 Å². The molecule has 2 rings (SSSR count). The van der Waals surface area contributed by atoms with Gasteiger partial charge in [-0.15, -0.1) is 0 Å². The number of rotatable bonds is 2. The number of carbonyl (C=O) groups excluding carboxylic acids is 1. The van der Waals surface area contributed by atoms with Crippen LogP contribution < -0.4 is 10.5 Å². The molecule has 1 amide bonds. The van der Waals surface area contributed by atoms with E-state index in [0.29, 0.717) is 30.9 Å². The lowest BCUT2D eigenvalue weighted by atomic mass is 10.2. The first-order valence-electron chi connectivity index (χ1n) is 6.94. The van der Waals surface area contributed by atoms with Crippen LogP contribution in [0.1, 0.15) is 27.2 Å². The molecule has 1 aliphatic heterocycles. The van der Waals surface area contributed by atoms with E-state index in [0.717, 1.165) is 0 Å². The smallest absolute Gasteiger partial charge is 0.410 e. The Hall–Kier alpha value is -1.98. The molecule has 1 aliphatic rings. The molecular formula is C15H21FN2O3. The highest BCUT2D eigenvalue weighted by Crippen LogP contribution is 2.26. The zero-order valence-electron chi connectivity index (χ0n) is 12.6. The molecule has 1 atom stereocenters. The molecular weight excluding hydrogens is 275 g/mol. The number of nitrogens with zero attached hydrogens (tertiary/aromatic N) is 1. The molecule has 116 valence electrons. The molecule has 0 aromatic heterocycles. The number of amides is 1. The van der Waals surface area contributed by atoms with Crippen LogP contribution in [-0.2, 0) is 4.74 Å². The minimum absolute atomic E-state index is 0.207. The second-order valence-electron chi connectivity index (χ2n) is 6.14. The molecule has 21 heavy (non-hydrogen) atoms. The number of nitrogen functional groups attached to an aromatic ring is 1. The summed E-state index contributed by atoms with van der Waals surface area (Å²) in [5.41, 5.74) is 5.61. The molecule has 6 heteroatoms. The number of hydrogen-bond donors (Lipinski definition) is 1. The highest BCUT2D eigenvalue weighted by atomic mass is 19.1. The fourth-order valence-corrected chi connectivity index (χ4v) is 2.11. The Bertz CT molecular complexity index is 528. The molecule has 2 N–H and O–H groups in total. The number of benzene rings is 1. The van der Waals surface area contributed by atoms with Crippen LogP contribution >= 0.6 is 0 Å². The van der Waals surface area contributed by atoms with Crippen LogP contribution in [0.2, 0.25) is 0 Å². The van der Waals surface area contributed by atoms with Crippen LogP contribution in [0, 0.1) is 5.82 Å². The Morgan fingerprint density at radius 1 is 1.43 bits per heavy atom. The van der Waals surface area contributed by atoms with Gasteiger partial charge in [0.05, 0.1) is 12.2 Å². The first-order chi connectivity index (χ1) is 9.74. The molecule has 5 nitrogen and oxygen atoms in total. The van der Waals surface area contributed by atoms with Crippen LogP contribution in [0.15, 0.2) is 18.2 Å². The van der Waals surface area contributed by atoms with E-state index in [9.17, 15) is 9.18 Å². The van der Waals surface area contributed by atoms with E-state index in [1.165, 1.54) is 18.2 Å². The van der Waals surface area contributed by atoms with Crippen molar-refractivity contribution in [3.8, 4) is 5.75 Å². The predicted molar refractivity (Wildman–Crippen MR) is 77.7 cm³/mol. The summed E-state index contributed by atoms with van der Waals surface area (Å²) in [6, 6.07) is 4.00. The molecule has 0 bridgehead atoms. The number of hydrogen-bond acceptors (Lipinski definition) is 4. The van der Waals surface area contributed by atoms with Gasteiger partial charge in [0.15, 0.2) is 0 Å². The number of ether oxygens (including phenoxy) is 2. The van der Waals surface area contributed by atoms with Gasteiger partial charge in [0.2, 0.25) is 0 Å². The molecule has 0 saturated carbocycles. The van der Waals surface area contributed by atoms with Crippen LogP contribution in [-0.4, -0.2) is 35.8 Å². The average molecular weight is 296 g/mol. The minimum Gasteiger partial charge on any atom is -0.486 e. The van der Waals surface area contributed by atoms with Crippen LogP contribution in [0.3, 0.4) is 0 Å². The van der Waals surface area contributed by atoms with Crippen molar-refractivity contribution in [2.24, 2.45) is 0 Å². The van der Waals surface area contributed by atoms with Crippen molar-refractivity contribution in [3.63, 3.8) is 0 Å². The maximum Gasteiger partial charge on any atom is 0.410 e. The molecule has 1 saturated heterocycles. The summed E-state index contributed by atoms with van der Waals surface area (Å²) < 4.78 is 24.2. The van der Waals surface area contributed by atoms with E-state index >= 15 is 0 Å². The normalized spacial score (nSPS) is 18.7. The largest absolute Gasteiger partial charge is 0.486 e. The van der Waals surface area contributed by atoms with Crippen molar-refractivity contribution in [2.75, 3.05) is 18.8 Å². The summed E-state index contributed by atoms with van der Waals surface area (Å²) in [6.45, 7) is 6.42. The van der Waals surface area contributed by atoms with Crippen molar-refractivity contribution in [3.05, 3.63) is 24.0 Å². The second kappa shape index (κ2) is 5.79. The number of nitrogens with two attached hydrogens (primary N) is 1. The van der Waals surface area contributed by atoms with E-state index < -0.39 is 11.4 Å². The molecule has 1 aromatic carbocycles. The summed E-state index contributed by atoms with van der Waals surface area (Å²) in [6.07, 6.45) is 0.0947. The molecule has 1 fully saturated rings. The van der Waals surface area contributed by atoms with Gasteiger partial charge in [0.1, 0.15) is 23.3 Å². The topological polar surface area (TPSA) is 64.8 Å². The predicted octanol–water partition coefficient (Wildman–Crippen LogP) is 2.80. The van der Waals surface area contributed by atoms with Gasteiger partial charge in [0, 0.05) is 19.0 Å². The first-order valence-corrected chi connectivity index (χ1v) is 6.94. The number of carbonyl (C=O) groups is 1. The zero-order valence-corrected chi connectivity index (χ0v) is 12.6. The zero-order chi connectivity index (χ0) is 15.6. The van der Waals surface area contributed by atoms with Crippen molar-refractivity contribution in [1.82, 2.24) is 4.90 Å². The lowest BCUT2D eigenvalue weighted by Crippen LogP contribution is -2.36. The monoisotopic (exact) mass is 296 g/mol. The Labute approximate surface area is 123 Å². The van der Waals surface area contributed by atoms with Gasteiger partial charge in [-0.1, -0.05) is 0 Å². The average Bonchev–Trinajstić information content (AvgIpc) is 2.80. The van der Waals surface area contributed by atoms with Gasteiger partial charge in [0.25, 0.3) is 0 Å². The lowest BCUT2D eigenvalue weighted by Gasteiger charge is -2.24. The van der Waals surface area contributed by atoms with Crippen LogP contribution in [0.5, 0.6) is 5.75 Å². The van der Waals surface area contributed by atoms with E-state index in [4.69, 9.17) is 15.2 Å². The van der Waals surface area contributed by atoms with Gasteiger partial charge >= 0.3 is 6.09 Å². The van der Waals surface area contributed by atoms with Crippen LogP contribution in [0.4, 0.5) is 14.9 Å². The van der Waals surface area contributed by atoms with Crippen molar-refractivity contribution < 1.29 is 18.7 Å². The third-order valence-electron chi connectivity index (χ3n) is 3.07. The SMILES string of the molecule is CC(C)(C)OC(=O)N1CCC(Oc2cc(F)ccc2N)C1. The lowest BCUT2D eigenvalue weighted by molar-refractivity contribution is 0.0276. The molecule has 0 spiro atoms. The summed E-state index contributed by atoms with van der Waals surface area (Å²) in [5, 5.41) is 0. The summed E-state index contributed by atoms with van der Waals surface area (Å²) >= 11 is 0. The summed E-state index contributed by atoms with van der Waals surface area (Å²) in [7, 11) is 0. The minimum atomic E-state index is -0.525. The molecule has 1 heterocycles. The molecule has 0 aliphatic carbocycles. The maximum absolute atomic E-state index is 13.2. The molecule has 0 radical (unpaired) electrons. The summed E-state index contributed by atoms with van der Waals surface area (Å²) in [5.74, 6) is -0.0905. The standard InChI is InChI=1S/C15H21FN2O3/c1-15(2,3)21-14(19)18-7-6-11(9-18)20-13-8-10(16)4-5-12(13)17/h4-5,8,11H,6-7,9,17H2,1-3H3. The second-order valence-corrected chi connectivity index (χ2v) is 6.14. The van der Waals surface area contributed by atoms with E-state index in [2.05, 4.69) is 0 Å². The third kappa shape index (κ3) is 4.24. The van der Waals surface area contributed by atoms with E-state index in [1.54, 1.807) is 4.90 Å². The molecule has 1 aromatic rings. The Balaban J connectivity index is 1.93. The van der Waals surface area contributed by atoms with Crippen molar-refractivity contribution in [2.45, 2.75) is 38.9 Å². The van der Waals surface area contributed by atoms with Gasteiger partial charge in [-0.2, -0.15) is 0 Å². The number of anilines is 1. The fraction of sp³-hybridized carbons (Fsp3) is 0.533. The quantitative estimate of drug-likeness (QED) is 0.852. The highest BCUT2D eigenvalue weighted by molar-refractivity contribution is 5.68. The molecule has 1 unspecified atom stereocenters. The Morgan fingerprint density at radius 2 is 2.14 bits per heavy atom. The Kier molecular flexibility index (Phi) is 4.25. The first kappa shape index (κ1) is 15.4. The third-order valence-corrected chi connectivity index (χ3v) is 3.07. The van der Waals surface area contributed by atoms with Gasteiger partial charge < -0.3 is 20.1 Å². The highest BCUT2D eigenvalue weighted by Gasteiger charge is 2.31. The van der Waals surface area contributed by atoms with Gasteiger partial charge in [-0.05, 0) is 32.9 Å². The maximum atomic E-state index is 13.2. The number of likely N-dealkylation sites (tertiary alicyclic amines) is 1. The number of halogens is 1.